The highest BCUT2D eigenvalue weighted by atomic mass is 32.2. The molecule has 1 fully saturated rings. The van der Waals surface area contributed by atoms with E-state index in [0.29, 0.717) is 42.4 Å². The summed E-state index contributed by atoms with van der Waals surface area (Å²) in [6.45, 7) is 1.57. The summed E-state index contributed by atoms with van der Waals surface area (Å²) in [6, 6.07) is 15.3. The van der Waals surface area contributed by atoms with Crippen LogP contribution in [-0.2, 0) is 14.6 Å². The number of likely N-dealkylation sites (tertiary alicyclic amines) is 1. The van der Waals surface area contributed by atoms with Crippen LogP contribution in [0.25, 0.3) is 0 Å². The van der Waals surface area contributed by atoms with E-state index >= 15 is 0 Å². The van der Waals surface area contributed by atoms with Crippen LogP contribution in [0.15, 0.2) is 59.5 Å². The van der Waals surface area contributed by atoms with E-state index in [4.69, 9.17) is 9.47 Å². The standard InChI is InChI=1S/C20H23NO5S/c1-25-13-14-26-17-9-7-16(8-10-17)20(22)21-12-11-19(15-21)27(23,24)18-5-3-2-4-6-18/h2-10,19H,11-15H2,1H3. The number of nitrogens with zero attached hydrogens (tertiary/aromatic N) is 1. The van der Waals surface area contributed by atoms with Gasteiger partial charge in [-0.2, -0.15) is 0 Å². The van der Waals surface area contributed by atoms with Crippen molar-refractivity contribution in [1.29, 1.82) is 0 Å². The highest BCUT2D eigenvalue weighted by molar-refractivity contribution is 7.92. The largest absolute Gasteiger partial charge is 0.491 e. The summed E-state index contributed by atoms with van der Waals surface area (Å²) in [4.78, 5) is 14.6. The monoisotopic (exact) mass is 389 g/mol. The normalized spacial score (nSPS) is 17.1. The molecule has 2 aromatic carbocycles. The van der Waals surface area contributed by atoms with Gasteiger partial charge in [0.2, 0.25) is 0 Å². The lowest BCUT2D eigenvalue weighted by Gasteiger charge is -2.17. The summed E-state index contributed by atoms with van der Waals surface area (Å²) in [7, 11) is -1.83. The van der Waals surface area contributed by atoms with Gasteiger partial charge in [-0.25, -0.2) is 8.42 Å². The van der Waals surface area contributed by atoms with Crippen LogP contribution in [0.3, 0.4) is 0 Å². The number of hydrogen-bond donors (Lipinski definition) is 0. The van der Waals surface area contributed by atoms with E-state index < -0.39 is 15.1 Å². The number of carbonyl (C=O) groups excluding carboxylic acids is 1. The molecule has 27 heavy (non-hydrogen) atoms. The molecule has 144 valence electrons. The van der Waals surface area contributed by atoms with Gasteiger partial charge in [0, 0.05) is 25.8 Å². The molecule has 0 spiro atoms. The van der Waals surface area contributed by atoms with Gasteiger partial charge in [0.25, 0.3) is 5.91 Å². The molecule has 1 amide bonds. The van der Waals surface area contributed by atoms with Crippen LogP contribution in [0.4, 0.5) is 0 Å². The van der Waals surface area contributed by atoms with E-state index in [9.17, 15) is 13.2 Å². The summed E-state index contributed by atoms with van der Waals surface area (Å²) < 4.78 is 35.9. The van der Waals surface area contributed by atoms with Gasteiger partial charge in [-0.1, -0.05) is 18.2 Å². The summed E-state index contributed by atoms with van der Waals surface area (Å²) in [5.41, 5.74) is 0.520. The van der Waals surface area contributed by atoms with Crippen molar-refractivity contribution >= 4 is 15.7 Å². The van der Waals surface area contributed by atoms with Crippen molar-refractivity contribution in [2.24, 2.45) is 0 Å². The third-order valence-electron chi connectivity index (χ3n) is 4.60. The fourth-order valence-electron chi connectivity index (χ4n) is 3.09. The first-order chi connectivity index (χ1) is 13.0. The Labute approximate surface area is 159 Å². The smallest absolute Gasteiger partial charge is 0.253 e. The third-order valence-corrected chi connectivity index (χ3v) is 6.79. The topological polar surface area (TPSA) is 72.9 Å². The molecule has 3 rings (SSSR count). The van der Waals surface area contributed by atoms with Gasteiger partial charge in [0.1, 0.15) is 12.4 Å². The van der Waals surface area contributed by atoms with Crippen LogP contribution in [-0.4, -0.2) is 57.9 Å². The predicted octanol–water partition coefficient (Wildman–Crippen LogP) is 2.40. The first kappa shape index (κ1) is 19.4. The van der Waals surface area contributed by atoms with Crippen LogP contribution >= 0.6 is 0 Å². The lowest BCUT2D eigenvalue weighted by Crippen LogP contribution is -2.31. The third kappa shape index (κ3) is 4.48. The lowest BCUT2D eigenvalue weighted by molar-refractivity contribution is 0.0793. The van der Waals surface area contributed by atoms with E-state index in [2.05, 4.69) is 0 Å². The zero-order chi connectivity index (χ0) is 19.3. The molecule has 1 aliphatic rings. The molecule has 0 aliphatic carbocycles. The molecule has 0 aromatic heterocycles. The number of benzene rings is 2. The molecule has 1 aliphatic heterocycles. The average Bonchev–Trinajstić information content (AvgIpc) is 3.20. The highest BCUT2D eigenvalue weighted by Crippen LogP contribution is 2.25. The summed E-state index contributed by atoms with van der Waals surface area (Å²) in [6.07, 6.45) is 0.446. The Morgan fingerprint density at radius 2 is 1.78 bits per heavy atom. The summed E-state index contributed by atoms with van der Waals surface area (Å²) >= 11 is 0. The molecule has 0 N–H and O–H groups in total. The number of rotatable bonds is 7. The Morgan fingerprint density at radius 3 is 2.44 bits per heavy atom. The maximum absolute atomic E-state index is 12.7. The van der Waals surface area contributed by atoms with Crippen molar-refractivity contribution < 1.29 is 22.7 Å². The van der Waals surface area contributed by atoms with Gasteiger partial charge in [-0.15, -0.1) is 0 Å². The zero-order valence-corrected chi connectivity index (χ0v) is 16.0. The molecule has 6 nitrogen and oxygen atoms in total. The summed E-state index contributed by atoms with van der Waals surface area (Å²) in [5, 5.41) is -0.569. The number of methoxy groups -OCH3 is 1. The molecule has 1 saturated heterocycles. The minimum absolute atomic E-state index is 0.163. The van der Waals surface area contributed by atoms with Gasteiger partial charge < -0.3 is 14.4 Å². The minimum Gasteiger partial charge on any atom is -0.491 e. The lowest BCUT2D eigenvalue weighted by atomic mass is 10.2. The van der Waals surface area contributed by atoms with Gasteiger partial charge in [0.15, 0.2) is 9.84 Å². The van der Waals surface area contributed by atoms with Crippen molar-refractivity contribution in [3.05, 3.63) is 60.2 Å². The minimum atomic E-state index is -3.43. The fraction of sp³-hybridized carbons (Fsp3) is 0.350. The van der Waals surface area contributed by atoms with Gasteiger partial charge >= 0.3 is 0 Å². The van der Waals surface area contributed by atoms with Crippen LogP contribution in [0.2, 0.25) is 0 Å². The first-order valence-electron chi connectivity index (χ1n) is 8.82. The highest BCUT2D eigenvalue weighted by Gasteiger charge is 2.36. The predicted molar refractivity (Wildman–Crippen MR) is 102 cm³/mol. The van der Waals surface area contributed by atoms with E-state index in [1.807, 2.05) is 0 Å². The molecule has 1 atom stereocenters. The van der Waals surface area contributed by atoms with E-state index in [1.165, 1.54) is 0 Å². The number of sulfone groups is 1. The van der Waals surface area contributed by atoms with Crippen molar-refractivity contribution in [2.45, 2.75) is 16.6 Å². The van der Waals surface area contributed by atoms with Gasteiger partial charge in [-0.3, -0.25) is 4.79 Å². The first-order valence-corrected chi connectivity index (χ1v) is 10.4. The average molecular weight is 389 g/mol. The Kier molecular flexibility index (Phi) is 6.13. The van der Waals surface area contributed by atoms with Crippen LogP contribution in [0.1, 0.15) is 16.8 Å². The molecule has 0 radical (unpaired) electrons. The Morgan fingerprint density at radius 1 is 1.07 bits per heavy atom. The number of carbonyl (C=O) groups is 1. The molecular weight excluding hydrogens is 366 g/mol. The van der Waals surface area contributed by atoms with Crippen molar-refractivity contribution in [2.75, 3.05) is 33.4 Å². The van der Waals surface area contributed by atoms with Gasteiger partial charge in [0.05, 0.1) is 16.8 Å². The van der Waals surface area contributed by atoms with E-state index in [0.717, 1.165) is 0 Å². The second-order valence-corrected chi connectivity index (χ2v) is 8.61. The second-order valence-electron chi connectivity index (χ2n) is 6.39. The molecule has 7 heteroatoms. The SMILES string of the molecule is COCCOc1ccc(C(=O)N2CCC(S(=O)(=O)c3ccccc3)C2)cc1. The number of ether oxygens (including phenoxy) is 2. The number of amides is 1. The second kappa shape index (κ2) is 8.54. The fourth-order valence-corrected chi connectivity index (χ4v) is 4.80. The Hall–Kier alpha value is -2.38. The summed E-state index contributed by atoms with van der Waals surface area (Å²) in [5.74, 6) is 0.499. The Bertz CT molecular complexity index is 865. The van der Waals surface area contributed by atoms with Crippen LogP contribution in [0.5, 0.6) is 5.75 Å². The van der Waals surface area contributed by atoms with Crippen LogP contribution < -0.4 is 4.74 Å². The van der Waals surface area contributed by atoms with Gasteiger partial charge in [-0.05, 0) is 42.8 Å². The zero-order valence-electron chi connectivity index (χ0n) is 15.2. The molecule has 0 saturated carbocycles. The molecule has 2 aromatic rings. The van der Waals surface area contributed by atoms with Crippen LogP contribution in [0, 0.1) is 0 Å². The van der Waals surface area contributed by atoms with Crippen molar-refractivity contribution in [3.63, 3.8) is 0 Å². The van der Waals surface area contributed by atoms with Crippen molar-refractivity contribution in [3.8, 4) is 5.75 Å². The Balaban J connectivity index is 1.64. The van der Waals surface area contributed by atoms with E-state index in [-0.39, 0.29) is 12.5 Å². The molecular formula is C20H23NO5S. The van der Waals surface area contributed by atoms with Crippen molar-refractivity contribution in [1.82, 2.24) is 4.90 Å². The maximum Gasteiger partial charge on any atom is 0.253 e. The van der Waals surface area contributed by atoms with E-state index in [1.54, 1.807) is 66.6 Å². The molecule has 0 bridgehead atoms. The quantitative estimate of drug-likeness (QED) is 0.680. The maximum atomic E-state index is 12.7. The molecule has 1 heterocycles. The molecule has 1 unspecified atom stereocenters. The number of hydrogen-bond acceptors (Lipinski definition) is 5.